The van der Waals surface area contributed by atoms with Crippen molar-refractivity contribution in [3.8, 4) is 0 Å². The van der Waals surface area contributed by atoms with E-state index in [4.69, 9.17) is 0 Å². The molecule has 0 aromatic carbocycles. The lowest BCUT2D eigenvalue weighted by molar-refractivity contribution is -0.134. The van der Waals surface area contributed by atoms with E-state index in [0.717, 1.165) is 44.3 Å². The Morgan fingerprint density at radius 1 is 1.26 bits per heavy atom. The molecule has 2 heterocycles. The van der Waals surface area contributed by atoms with Crippen molar-refractivity contribution in [3.63, 3.8) is 0 Å². The van der Waals surface area contributed by atoms with Crippen molar-refractivity contribution in [2.45, 2.75) is 58.4 Å². The fraction of sp³-hybridized carbons (Fsp3) is 0.933. The zero-order valence-electron chi connectivity index (χ0n) is 12.4. The molecule has 2 aliphatic rings. The highest BCUT2D eigenvalue weighted by molar-refractivity contribution is 5.85. The molecule has 1 atom stereocenters. The van der Waals surface area contributed by atoms with Crippen molar-refractivity contribution in [3.05, 3.63) is 0 Å². The highest BCUT2D eigenvalue weighted by Gasteiger charge is 2.29. The van der Waals surface area contributed by atoms with Crippen LogP contribution in [0.2, 0.25) is 0 Å². The van der Waals surface area contributed by atoms with Crippen LogP contribution < -0.4 is 5.32 Å². The fourth-order valence-corrected chi connectivity index (χ4v) is 3.13. The normalized spacial score (nSPS) is 24.6. The third-order valence-corrected chi connectivity index (χ3v) is 4.44. The van der Waals surface area contributed by atoms with E-state index >= 15 is 0 Å². The zero-order chi connectivity index (χ0) is 13.0. The molecule has 2 rings (SSSR count). The number of carbonyl (C=O) groups excluding carboxylic acids is 1. The van der Waals surface area contributed by atoms with E-state index in [1.54, 1.807) is 0 Å². The lowest BCUT2D eigenvalue weighted by Crippen LogP contribution is -2.47. The molecule has 1 unspecified atom stereocenters. The summed E-state index contributed by atoms with van der Waals surface area (Å²) in [6, 6.07) is 0.122. The second kappa shape index (κ2) is 8.11. The van der Waals surface area contributed by atoms with Gasteiger partial charge in [0.1, 0.15) is 0 Å². The number of nitrogens with one attached hydrogen (secondary N) is 1. The minimum atomic E-state index is 0. The second-order valence-corrected chi connectivity index (χ2v) is 6.39. The van der Waals surface area contributed by atoms with E-state index in [-0.39, 0.29) is 18.4 Å². The molecule has 112 valence electrons. The lowest BCUT2D eigenvalue weighted by Gasteiger charge is -2.33. The van der Waals surface area contributed by atoms with Crippen LogP contribution in [0.3, 0.4) is 0 Å². The third-order valence-electron chi connectivity index (χ3n) is 4.44. The topological polar surface area (TPSA) is 32.3 Å². The zero-order valence-corrected chi connectivity index (χ0v) is 13.2. The van der Waals surface area contributed by atoms with Gasteiger partial charge in [-0.15, -0.1) is 12.4 Å². The lowest BCUT2D eigenvalue weighted by atomic mass is 9.89. The van der Waals surface area contributed by atoms with Crippen LogP contribution in [0.4, 0.5) is 0 Å². The van der Waals surface area contributed by atoms with Crippen molar-refractivity contribution < 1.29 is 4.79 Å². The Morgan fingerprint density at radius 3 is 2.47 bits per heavy atom. The van der Waals surface area contributed by atoms with Gasteiger partial charge in [-0.3, -0.25) is 4.79 Å². The van der Waals surface area contributed by atoms with Crippen molar-refractivity contribution >= 4 is 18.3 Å². The quantitative estimate of drug-likeness (QED) is 0.863. The van der Waals surface area contributed by atoms with Gasteiger partial charge in [-0.2, -0.15) is 0 Å². The summed E-state index contributed by atoms with van der Waals surface area (Å²) < 4.78 is 0. The Hall–Kier alpha value is -0.280. The van der Waals surface area contributed by atoms with Crippen LogP contribution >= 0.6 is 12.4 Å². The number of nitrogens with zero attached hydrogens (tertiary/aromatic N) is 1. The van der Waals surface area contributed by atoms with Crippen molar-refractivity contribution in [2.24, 2.45) is 11.8 Å². The number of hydrogen-bond acceptors (Lipinski definition) is 2. The first-order chi connectivity index (χ1) is 8.66. The molecule has 0 aliphatic carbocycles. The van der Waals surface area contributed by atoms with E-state index in [9.17, 15) is 4.79 Å². The van der Waals surface area contributed by atoms with E-state index in [1.807, 2.05) is 0 Å². The van der Waals surface area contributed by atoms with Crippen LogP contribution in [0.15, 0.2) is 0 Å². The predicted molar refractivity (Wildman–Crippen MR) is 81.6 cm³/mol. The molecule has 2 fully saturated rings. The molecule has 0 spiro atoms. The number of amides is 1. The van der Waals surface area contributed by atoms with Gasteiger partial charge in [-0.05, 0) is 44.1 Å². The summed E-state index contributed by atoms with van der Waals surface area (Å²) in [6.07, 6.45) is 7.30. The van der Waals surface area contributed by atoms with E-state index < -0.39 is 0 Å². The first kappa shape index (κ1) is 16.8. The molecule has 1 amide bonds. The van der Waals surface area contributed by atoms with E-state index in [0.29, 0.717) is 5.91 Å². The standard InChI is InChI=1S/C15H28N2O.ClH/c1-12(2)5-6-13-7-10-17(11-8-13)15(18)14-4-3-9-16-14;/h12-14,16H,3-11H2,1-2H3;1H. The summed E-state index contributed by atoms with van der Waals surface area (Å²) in [6.45, 7) is 7.58. The first-order valence-electron chi connectivity index (χ1n) is 7.69. The number of likely N-dealkylation sites (tertiary alicyclic amines) is 1. The van der Waals surface area contributed by atoms with Crippen LogP contribution in [-0.2, 0) is 4.79 Å². The van der Waals surface area contributed by atoms with Gasteiger partial charge < -0.3 is 10.2 Å². The monoisotopic (exact) mass is 288 g/mol. The molecular weight excluding hydrogens is 260 g/mol. The van der Waals surface area contributed by atoms with Gasteiger partial charge in [0.2, 0.25) is 5.91 Å². The molecule has 19 heavy (non-hydrogen) atoms. The molecule has 0 saturated carbocycles. The first-order valence-corrected chi connectivity index (χ1v) is 7.69. The molecule has 3 nitrogen and oxygen atoms in total. The maximum Gasteiger partial charge on any atom is 0.239 e. The minimum absolute atomic E-state index is 0. The summed E-state index contributed by atoms with van der Waals surface area (Å²) in [5.41, 5.74) is 0. The molecule has 2 aliphatic heterocycles. The maximum atomic E-state index is 12.2. The summed E-state index contributed by atoms with van der Waals surface area (Å²) in [4.78, 5) is 14.3. The highest BCUT2D eigenvalue weighted by atomic mass is 35.5. The molecule has 0 bridgehead atoms. The van der Waals surface area contributed by atoms with E-state index in [1.165, 1.54) is 25.7 Å². The van der Waals surface area contributed by atoms with Gasteiger partial charge in [0.25, 0.3) is 0 Å². The van der Waals surface area contributed by atoms with Gasteiger partial charge >= 0.3 is 0 Å². The molecule has 4 heteroatoms. The fourth-order valence-electron chi connectivity index (χ4n) is 3.13. The van der Waals surface area contributed by atoms with Gasteiger partial charge in [0.15, 0.2) is 0 Å². The Labute approximate surface area is 123 Å². The number of halogens is 1. The Balaban J connectivity index is 0.00000180. The Kier molecular flexibility index (Phi) is 7.16. The van der Waals surface area contributed by atoms with Crippen molar-refractivity contribution in [2.75, 3.05) is 19.6 Å². The number of rotatable bonds is 4. The maximum absolute atomic E-state index is 12.2. The van der Waals surface area contributed by atoms with Gasteiger partial charge in [0.05, 0.1) is 6.04 Å². The molecule has 0 aromatic heterocycles. The highest BCUT2D eigenvalue weighted by Crippen LogP contribution is 2.24. The summed E-state index contributed by atoms with van der Waals surface area (Å²) >= 11 is 0. The number of hydrogen-bond donors (Lipinski definition) is 1. The van der Waals surface area contributed by atoms with Crippen LogP contribution in [0.25, 0.3) is 0 Å². The Morgan fingerprint density at radius 2 is 1.95 bits per heavy atom. The Bertz CT molecular complexity index is 269. The largest absolute Gasteiger partial charge is 0.341 e. The average molecular weight is 289 g/mol. The van der Waals surface area contributed by atoms with Crippen molar-refractivity contribution in [1.29, 1.82) is 0 Å². The minimum Gasteiger partial charge on any atom is -0.341 e. The summed E-state index contributed by atoms with van der Waals surface area (Å²) in [5.74, 6) is 2.02. The predicted octanol–water partition coefficient (Wildman–Crippen LogP) is 2.84. The van der Waals surface area contributed by atoms with Crippen molar-refractivity contribution in [1.82, 2.24) is 10.2 Å². The number of carbonyl (C=O) groups is 1. The molecular formula is C15H29ClN2O. The molecule has 0 aromatic rings. The van der Waals surface area contributed by atoms with Crippen LogP contribution in [0.1, 0.15) is 52.4 Å². The molecule has 0 radical (unpaired) electrons. The van der Waals surface area contributed by atoms with Gasteiger partial charge in [-0.25, -0.2) is 0 Å². The summed E-state index contributed by atoms with van der Waals surface area (Å²) in [7, 11) is 0. The molecule has 2 saturated heterocycles. The van der Waals surface area contributed by atoms with Crippen LogP contribution in [0, 0.1) is 11.8 Å². The average Bonchev–Trinajstić information content (AvgIpc) is 2.90. The van der Waals surface area contributed by atoms with Gasteiger partial charge in [0, 0.05) is 13.1 Å². The van der Waals surface area contributed by atoms with Gasteiger partial charge in [-0.1, -0.05) is 26.7 Å². The molecule has 1 N–H and O–H groups in total. The second-order valence-electron chi connectivity index (χ2n) is 6.39. The summed E-state index contributed by atoms with van der Waals surface area (Å²) in [5, 5.41) is 3.31. The van der Waals surface area contributed by atoms with Crippen LogP contribution in [0.5, 0.6) is 0 Å². The van der Waals surface area contributed by atoms with Crippen LogP contribution in [-0.4, -0.2) is 36.5 Å². The number of piperidine rings is 1. The third kappa shape index (κ3) is 4.96. The van der Waals surface area contributed by atoms with E-state index in [2.05, 4.69) is 24.1 Å². The SMILES string of the molecule is CC(C)CCC1CCN(C(=O)C2CCCN2)CC1.Cl. The smallest absolute Gasteiger partial charge is 0.239 e.